The van der Waals surface area contributed by atoms with Crippen LogP contribution in [0.3, 0.4) is 0 Å². The van der Waals surface area contributed by atoms with Crippen molar-refractivity contribution in [2.45, 2.75) is 12.8 Å². The second-order valence-electron chi connectivity index (χ2n) is 3.14. The molecular formula is C10H8F3NO3. The van der Waals surface area contributed by atoms with Gasteiger partial charge in [-0.1, -0.05) is 12.1 Å². The zero-order chi connectivity index (χ0) is 13.1. The highest BCUT2D eigenvalue weighted by Gasteiger charge is 2.29. The van der Waals surface area contributed by atoms with Crippen LogP contribution in [0.1, 0.15) is 11.1 Å². The van der Waals surface area contributed by atoms with Gasteiger partial charge in [0.05, 0.1) is 5.56 Å². The molecule has 0 atom stereocenters. The van der Waals surface area contributed by atoms with Crippen LogP contribution < -0.4 is 5.73 Å². The smallest absolute Gasteiger partial charge is 0.416 e. The van der Waals surface area contributed by atoms with Gasteiger partial charge in [-0.2, -0.15) is 13.2 Å². The number of ether oxygens (including phenoxy) is 1. The van der Waals surface area contributed by atoms with E-state index in [1.54, 1.807) is 0 Å². The molecule has 7 heteroatoms. The van der Waals surface area contributed by atoms with Crippen LogP contribution in [0.25, 0.3) is 0 Å². The number of carbonyl (C=O) groups is 2. The largest absolute Gasteiger partial charge is 0.454 e. The van der Waals surface area contributed by atoms with E-state index in [9.17, 15) is 22.8 Å². The fourth-order valence-corrected chi connectivity index (χ4v) is 1.01. The molecule has 0 heterocycles. The van der Waals surface area contributed by atoms with Gasteiger partial charge in [0, 0.05) is 0 Å². The number of rotatable bonds is 2. The summed E-state index contributed by atoms with van der Waals surface area (Å²) in [4.78, 5) is 21.0. The first-order valence-corrected chi connectivity index (χ1v) is 4.43. The molecule has 0 saturated carbocycles. The number of benzene rings is 1. The molecule has 17 heavy (non-hydrogen) atoms. The van der Waals surface area contributed by atoms with Crippen LogP contribution in [0.2, 0.25) is 0 Å². The quantitative estimate of drug-likeness (QED) is 0.631. The van der Waals surface area contributed by atoms with E-state index < -0.39 is 23.6 Å². The van der Waals surface area contributed by atoms with Gasteiger partial charge in [0.15, 0.2) is 0 Å². The van der Waals surface area contributed by atoms with Gasteiger partial charge in [0.2, 0.25) is 0 Å². The van der Waals surface area contributed by atoms with E-state index in [1.807, 2.05) is 0 Å². The Kier molecular flexibility index (Phi) is 3.72. The molecule has 0 unspecified atom stereocenters. The lowest BCUT2D eigenvalue weighted by Gasteiger charge is -2.07. The molecule has 0 saturated heterocycles. The van der Waals surface area contributed by atoms with Crippen molar-refractivity contribution >= 4 is 11.9 Å². The summed E-state index contributed by atoms with van der Waals surface area (Å²) in [5.41, 5.74) is 4.14. The number of primary amides is 1. The molecule has 1 aromatic rings. The summed E-state index contributed by atoms with van der Waals surface area (Å²) in [6.07, 6.45) is -4.41. The third-order valence-corrected chi connectivity index (χ3v) is 1.85. The Hall–Kier alpha value is -2.05. The SMILES string of the molecule is NC(=O)C(=O)OCc1ccc(C(F)(F)F)cc1. The molecule has 2 N–H and O–H groups in total. The van der Waals surface area contributed by atoms with Gasteiger partial charge < -0.3 is 10.5 Å². The zero-order valence-corrected chi connectivity index (χ0v) is 8.45. The van der Waals surface area contributed by atoms with E-state index in [4.69, 9.17) is 0 Å². The maximum Gasteiger partial charge on any atom is 0.416 e. The number of amides is 1. The summed E-state index contributed by atoms with van der Waals surface area (Å²) < 4.78 is 41.0. The Morgan fingerprint density at radius 1 is 1.18 bits per heavy atom. The highest BCUT2D eigenvalue weighted by molar-refractivity contribution is 6.31. The molecule has 0 bridgehead atoms. The highest BCUT2D eigenvalue weighted by atomic mass is 19.4. The Morgan fingerprint density at radius 2 is 1.71 bits per heavy atom. The Bertz CT molecular complexity index is 425. The van der Waals surface area contributed by atoms with E-state index in [0.29, 0.717) is 5.56 Å². The summed E-state index contributed by atoms with van der Waals surface area (Å²) in [5.74, 6) is -2.48. The van der Waals surface area contributed by atoms with Crippen LogP contribution in [0.15, 0.2) is 24.3 Å². The van der Waals surface area contributed by atoms with Crippen molar-refractivity contribution in [3.05, 3.63) is 35.4 Å². The van der Waals surface area contributed by atoms with E-state index >= 15 is 0 Å². The summed E-state index contributed by atoms with van der Waals surface area (Å²) in [7, 11) is 0. The first-order chi connectivity index (χ1) is 7.80. The number of hydrogen-bond donors (Lipinski definition) is 1. The van der Waals surface area contributed by atoms with Crippen LogP contribution in [0.4, 0.5) is 13.2 Å². The lowest BCUT2D eigenvalue weighted by molar-refractivity contribution is -0.154. The molecule has 0 fully saturated rings. The Morgan fingerprint density at radius 3 is 2.12 bits per heavy atom. The molecule has 0 spiro atoms. The maximum absolute atomic E-state index is 12.2. The van der Waals surface area contributed by atoms with Crippen molar-refractivity contribution in [2.75, 3.05) is 0 Å². The van der Waals surface area contributed by atoms with Gasteiger partial charge in [-0.15, -0.1) is 0 Å². The molecule has 92 valence electrons. The highest BCUT2D eigenvalue weighted by Crippen LogP contribution is 2.29. The van der Waals surface area contributed by atoms with Crippen molar-refractivity contribution in [3.63, 3.8) is 0 Å². The van der Waals surface area contributed by atoms with Crippen LogP contribution in [0, 0.1) is 0 Å². The molecule has 1 amide bonds. The molecule has 0 aliphatic carbocycles. The second kappa shape index (κ2) is 4.86. The lowest BCUT2D eigenvalue weighted by atomic mass is 10.1. The molecule has 1 rings (SSSR count). The van der Waals surface area contributed by atoms with Crippen molar-refractivity contribution < 1.29 is 27.5 Å². The van der Waals surface area contributed by atoms with Crippen LogP contribution in [-0.2, 0) is 27.1 Å². The summed E-state index contributed by atoms with van der Waals surface area (Å²) in [6, 6.07) is 4.01. The first kappa shape index (κ1) is 13.0. The van der Waals surface area contributed by atoms with E-state index in [0.717, 1.165) is 24.3 Å². The Balaban J connectivity index is 2.63. The Labute approximate surface area is 94.2 Å². The van der Waals surface area contributed by atoms with Gasteiger partial charge >= 0.3 is 18.1 Å². The van der Waals surface area contributed by atoms with E-state index in [2.05, 4.69) is 10.5 Å². The topological polar surface area (TPSA) is 69.4 Å². The van der Waals surface area contributed by atoms with Crippen molar-refractivity contribution in [1.29, 1.82) is 0 Å². The third-order valence-electron chi connectivity index (χ3n) is 1.85. The fraction of sp³-hybridized carbons (Fsp3) is 0.200. The molecule has 0 aliphatic rings. The van der Waals surface area contributed by atoms with E-state index in [1.165, 1.54) is 0 Å². The van der Waals surface area contributed by atoms with Crippen LogP contribution >= 0.6 is 0 Å². The summed E-state index contributed by atoms with van der Waals surface area (Å²) in [6.45, 7) is -0.306. The zero-order valence-electron chi connectivity index (χ0n) is 8.45. The number of halogens is 3. The van der Waals surface area contributed by atoms with Gasteiger partial charge in [0.1, 0.15) is 6.61 Å². The van der Waals surface area contributed by atoms with E-state index in [-0.39, 0.29) is 6.61 Å². The van der Waals surface area contributed by atoms with Crippen molar-refractivity contribution in [2.24, 2.45) is 5.73 Å². The summed E-state index contributed by atoms with van der Waals surface area (Å²) in [5, 5.41) is 0. The normalized spacial score (nSPS) is 11.0. The minimum Gasteiger partial charge on any atom is -0.454 e. The van der Waals surface area contributed by atoms with Gasteiger partial charge in [-0.25, -0.2) is 4.79 Å². The first-order valence-electron chi connectivity index (χ1n) is 4.43. The predicted molar refractivity (Wildman–Crippen MR) is 50.4 cm³/mol. The standard InChI is InChI=1S/C10H8F3NO3/c11-10(12,13)7-3-1-6(2-4-7)5-17-9(16)8(14)15/h1-4H,5H2,(H2,14,15). The number of hydrogen-bond acceptors (Lipinski definition) is 3. The van der Waals surface area contributed by atoms with Gasteiger partial charge in [0.25, 0.3) is 0 Å². The van der Waals surface area contributed by atoms with Crippen LogP contribution in [-0.4, -0.2) is 11.9 Å². The molecule has 4 nitrogen and oxygen atoms in total. The minimum absolute atomic E-state index is 0.306. The summed E-state index contributed by atoms with van der Waals surface area (Å²) >= 11 is 0. The number of alkyl halides is 3. The second-order valence-corrected chi connectivity index (χ2v) is 3.14. The molecule has 0 aromatic heterocycles. The maximum atomic E-state index is 12.2. The lowest BCUT2D eigenvalue weighted by Crippen LogP contribution is -2.25. The molecular weight excluding hydrogens is 239 g/mol. The third kappa shape index (κ3) is 3.78. The van der Waals surface area contributed by atoms with Crippen LogP contribution in [0.5, 0.6) is 0 Å². The monoisotopic (exact) mass is 247 g/mol. The number of nitrogens with two attached hydrogens (primary N) is 1. The molecule has 1 aromatic carbocycles. The fourth-order valence-electron chi connectivity index (χ4n) is 1.01. The number of carbonyl (C=O) groups excluding carboxylic acids is 2. The predicted octanol–water partition coefficient (Wildman–Crippen LogP) is 1.23. The minimum atomic E-state index is -4.41. The average molecular weight is 247 g/mol. The molecule has 0 radical (unpaired) electrons. The van der Waals surface area contributed by atoms with Crippen molar-refractivity contribution in [3.8, 4) is 0 Å². The average Bonchev–Trinajstić information content (AvgIpc) is 2.25. The van der Waals surface area contributed by atoms with Gasteiger partial charge in [-0.05, 0) is 17.7 Å². The van der Waals surface area contributed by atoms with Crippen molar-refractivity contribution in [1.82, 2.24) is 0 Å². The molecule has 0 aliphatic heterocycles. The van der Waals surface area contributed by atoms with Gasteiger partial charge in [-0.3, -0.25) is 4.79 Å². The number of esters is 1.